The lowest BCUT2D eigenvalue weighted by molar-refractivity contribution is -0.136. The van der Waals surface area contributed by atoms with Gasteiger partial charge in [-0.05, 0) is 25.0 Å². The van der Waals surface area contributed by atoms with Crippen molar-refractivity contribution in [1.29, 1.82) is 0 Å². The predicted molar refractivity (Wildman–Crippen MR) is 79.1 cm³/mol. The Bertz CT molecular complexity index is 847. The maximum Gasteiger partial charge on any atom is 0.407 e. The quantitative estimate of drug-likeness (QED) is 0.726. The van der Waals surface area contributed by atoms with Crippen LogP contribution in [-0.2, 0) is 20.9 Å². The van der Waals surface area contributed by atoms with E-state index < -0.39 is 32.7 Å². The molecule has 3 aliphatic heterocycles. The fourth-order valence-corrected chi connectivity index (χ4v) is 6.43. The lowest BCUT2D eigenvalue weighted by Crippen LogP contribution is -2.36. The van der Waals surface area contributed by atoms with E-state index in [0.29, 0.717) is 6.42 Å². The van der Waals surface area contributed by atoms with Gasteiger partial charge >= 0.3 is 6.18 Å². The maximum atomic E-state index is 13.1. The second kappa shape index (κ2) is 4.86. The Morgan fingerprint density at radius 2 is 1.96 bits per heavy atom. The first-order valence-corrected chi connectivity index (χ1v) is 8.99. The minimum atomic E-state index is -4.71. The Kier molecular flexibility index (Phi) is 3.19. The van der Waals surface area contributed by atoms with Gasteiger partial charge < -0.3 is 4.74 Å². The van der Waals surface area contributed by atoms with Crippen LogP contribution in [0.1, 0.15) is 18.4 Å². The van der Waals surface area contributed by atoms with Gasteiger partial charge in [0.15, 0.2) is 5.69 Å². The van der Waals surface area contributed by atoms with Crippen molar-refractivity contribution < 1.29 is 26.3 Å². The summed E-state index contributed by atoms with van der Waals surface area (Å²) in [6, 6.07) is 3.05. The molecule has 0 amide bonds. The number of halogens is 3. The molecule has 0 saturated carbocycles. The molecule has 0 spiro atoms. The molecule has 1 aromatic carbocycles. The summed E-state index contributed by atoms with van der Waals surface area (Å²) >= 11 is 0. The Hall–Kier alpha value is -1.79. The Morgan fingerprint density at radius 3 is 2.58 bits per heavy atom. The molecular weight excluding hydrogens is 345 g/mol. The van der Waals surface area contributed by atoms with Crippen LogP contribution >= 0.6 is 0 Å². The average molecular weight is 358 g/mol. The van der Waals surface area contributed by atoms with Crippen LogP contribution in [0.2, 0.25) is 0 Å². The molecule has 3 saturated heterocycles. The number of rotatable bonds is 1. The van der Waals surface area contributed by atoms with Crippen LogP contribution in [-0.4, -0.2) is 32.4 Å². The summed E-state index contributed by atoms with van der Waals surface area (Å²) in [4.78, 5) is 2.87. The number of sulfonamides is 1. The lowest BCUT2D eigenvalue weighted by Gasteiger charge is -2.22. The molecule has 4 rings (SSSR count). The minimum Gasteiger partial charge on any atom is -0.373 e. The topological polar surface area (TPSA) is 51.0 Å². The third kappa shape index (κ3) is 2.06. The van der Waals surface area contributed by atoms with Crippen molar-refractivity contribution in [2.75, 3.05) is 10.8 Å². The summed E-state index contributed by atoms with van der Waals surface area (Å²) in [6.07, 6.45) is -3.75. The number of fused-ring (bicyclic) bond motifs is 5. The van der Waals surface area contributed by atoms with Crippen LogP contribution in [0.15, 0.2) is 18.2 Å². The molecule has 3 fully saturated rings. The van der Waals surface area contributed by atoms with E-state index >= 15 is 0 Å². The molecule has 0 radical (unpaired) electrons. The van der Waals surface area contributed by atoms with E-state index in [-0.39, 0.29) is 30.4 Å². The summed E-state index contributed by atoms with van der Waals surface area (Å²) in [6.45, 7) is 6.99. The molecule has 0 aromatic heterocycles. The fourth-order valence-electron chi connectivity index (χ4n) is 4.07. The maximum absolute atomic E-state index is 13.1. The average Bonchev–Trinajstić information content (AvgIpc) is 3.18. The molecule has 0 aliphatic carbocycles. The number of hydrogen-bond acceptors (Lipinski definition) is 3. The first-order valence-electron chi connectivity index (χ1n) is 7.49. The zero-order chi connectivity index (χ0) is 17.3. The van der Waals surface area contributed by atoms with Crippen molar-refractivity contribution in [3.05, 3.63) is 35.2 Å². The molecule has 3 heterocycles. The van der Waals surface area contributed by atoms with Gasteiger partial charge in [0.1, 0.15) is 5.25 Å². The molecule has 0 N–H and O–H groups in total. The molecule has 3 aliphatic rings. The summed E-state index contributed by atoms with van der Waals surface area (Å²) in [5.41, 5.74) is -1.68. The molecule has 0 unspecified atom stereocenters. The van der Waals surface area contributed by atoms with Gasteiger partial charge in [0.25, 0.3) is 0 Å². The highest BCUT2D eigenvalue weighted by Gasteiger charge is 2.61. The molecule has 9 heteroatoms. The van der Waals surface area contributed by atoms with E-state index in [1.54, 1.807) is 0 Å². The summed E-state index contributed by atoms with van der Waals surface area (Å²) < 4.78 is 71.7. The number of benzene rings is 1. The van der Waals surface area contributed by atoms with E-state index in [2.05, 4.69) is 4.85 Å². The second-order valence-corrected chi connectivity index (χ2v) is 8.32. The van der Waals surface area contributed by atoms with Crippen molar-refractivity contribution in [1.82, 2.24) is 0 Å². The molecule has 1 aromatic rings. The van der Waals surface area contributed by atoms with Gasteiger partial charge in [-0.3, -0.25) is 4.31 Å². The van der Waals surface area contributed by atoms with Gasteiger partial charge in [-0.25, -0.2) is 13.3 Å². The Labute approximate surface area is 136 Å². The summed E-state index contributed by atoms with van der Waals surface area (Å²) in [7, 11) is -3.77. The smallest absolute Gasteiger partial charge is 0.373 e. The molecule has 2 bridgehead atoms. The summed E-state index contributed by atoms with van der Waals surface area (Å²) in [5.74, 6) is -0.205. The Morgan fingerprint density at radius 1 is 1.25 bits per heavy atom. The fraction of sp³-hybridized carbons (Fsp3) is 0.533. The van der Waals surface area contributed by atoms with E-state index in [1.807, 2.05) is 0 Å². The van der Waals surface area contributed by atoms with E-state index in [0.717, 1.165) is 22.9 Å². The van der Waals surface area contributed by atoms with Crippen molar-refractivity contribution in [3.63, 3.8) is 0 Å². The van der Waals surface area contributed by atoms with Crippen LogP contribution in [0.3, 0.4) is 0 Å². The molecule has 24 heavy (non-hydrogen) atoms. The number of ether oxygens (including phenoxy) is 1. The molecule has 4 atom stereocenters. The highest BCUT2D eigenvalue weighted by molar-refractivity contribution is 7.93. The summed E-state index contributed by atoms with van der Waals surface area (Å²) in [5, 5.41) is -0.675. The first-order chi connectivity index (χ1) is 11.2. The standard InChI is InChI=1S/C15H13F3N2O3S/c1-19-11-3-2-8(6-10(11)15(16,17)18)20-7-9-12-4-5-13(23-12)14(9)24(20,21)22/h2-3,6,9,12-14H,4-5,7H2/t9-,12+,13-,14-/m1/s1. The van der Waals surface area contributed by atoms with Gasteiger partial charge in [-0.15, -0.1) is 0 Å². The molecule has 128 valence electrons. The molecular formula is C15H13F3N2O3S. The van der Waals surface area contributed by atoms with Crippen LogP contribution in [0.4, 0.5) is 24.5 Å². The first kappa shape index (κ1) is 15.7. The minimum absolute atomic E-state index is 0.0384. The Balaban J connectivity index is 1.77. The second-order valence-electron chi connectivity index (χ2n) is 6.31. The number of nitrogens with zero attached hydrogens (tertiary/aromatic N) is 2. The highest BCUT2D eigenvalue weighted by Crippen LogP contribution is 2.49. The number of anilines is 1. The van der Waals surface area contributed by atoms with Gasteiger partial charge in [0.05, 0.1) is 24.3 Å². The van der Waals surface area contributed by atoms with Gasteiger partial charge in [-0.1, -0.05) is 6.07 Å². The normalized spacial score (nSPS) is 33.5. The lowest BCUT2D eigenvalue weighted by atomic mass is 9.89. The van der Waals surface area contributed by atoms with Crippen molar-refractivity contribution in [2.45, 2.75) is 36.5 Å². The number of alkyl halides is 3. The van der Waals surface area contributed by atoms with Crippen LogP contribution in [0, 0.1) is 12.5 Å². The molecule has 5 nitrogen and oxygen atoms in total. The third-order valence-electron chi connectivity index (χ3n) is 5.07. The van der Waals surface area contributed by atoms with E-state index in [9.17, 15) is 21.6 Å². The third-order valence-corrected chi connectivity index (χ3v) is 7.39. The highest BCUT2D eigenvalue weighted by atomic mass is 32.2. The van der Waals surface area contributed by atoms with Gasteiger partial charge in [0.2, 0.25) is 10.0 Å². The van der Waals surface area contributed by atoms with Crippen molar-refractivity contribution in [2.24, 2.45) is 5.92 Å². The zero-order valence-electron chi connectivity index (χ0n) is 12.3. The van der Waals surface area contributed by atoms with Crippen LogP contribution in [0.25, 0.3) is 4.85 Å². The number of hydrogen-bond donors (Lipinski definition) is 0. The van der Waals surface area contributed by atoms with Crippen molar-refractivity contribution >= 4 is 21.4 Å². The monoisotopic (exact) mass is 358 g/mol. The van der Waals surface area contributed by atoms with E-state index in [4.69, 9.17) is 11.3 Å². The largest absolute Gasteiger partial charge is 0.407 e. The van der Waals surface area contributed by atoms with Gasteiger partial charge in [-0.2, -0.15) is 13.2 Å². The van der Waals surface area contributed by atoms with Crippen LogP contribution in [0.5, 0.6) is 0 Å². The van der Waals surface area contributed by atoms with Gasteiger partial charge in [0, 0.05) is 18.2 Å². The van der Waals surface area contributed by atoms with Crippen LogP contribution < -0.4 is 4.31 Å². The van der Waals surface area contributed by atoms with E-state index in [1.165, 1.54) is 6.07 Å². The van der Waals surface area contributed by atoms with Crippen molar-refractivity contribution in [3.8, 4) is 0 Å². The zero-order valence-corrected chi connectivity index (χ0v) is 13.1. The SMILES string of the molecule is [C-]#[N+]c1ccc(N2C[C@H]3[C@H]([C@H]4CC[C@@H]3O4)S2(=O)=O)cc1C(F)(F)F. The predicted octanol–water partition coefficient (Wildman–Crippen LogP) is 2.95.